The van der Waals surface area contributed by atoms with E-state index in [0.29, 0.717) is 43.0 Å². The van der Waals surface area contributed by atoms with Crippen molar-refractivity contribution in [1.82, 2.24) is 29.9 Å². The van der Waals surface area contributed by atoms with E-state index in [0.717, 1.165) is 31.7 Å². The molecule has 3 aromatic rings. The summed E-state index contributed by atoms with van der Waals surface area (Å²) >= 11 is 0. The Morgan fingerprint density at radius 1 is 1.17 bits per heavy atom. The van der Waals surface area contributed by atoms with Crippen molar-refractivity contribution in [3.8, 4) is 0 Å². The summed E-state index contributed by atoms with van der Waals surface area (Å²) in [4.78, 5) is 34.3. The number of carboxylic acid groups (broad SMARTS) is 1. The van der Waals surface area contributed by atoms with Crippen LogP contribution >= 0.6 is 0 Å². The summed E-state index contributed by atoms with van der Waals surface area (Å²) in [6.07, 6.45) is 1.59. The van der Waals surface area contributed by atoms with E-state index >= 15 is 0 Å². The maximum atomic E-state index is 12.6. The summed E-state index contributed by atoms with van der Waals surface area (Å²) in [5.74, 6) is -1.97. The average molecular weight is 497 g/mol. The third-order valence-corrected chi connectivity index (χ3v) is 5.50. The van der Waals surface area contributed by atoms with Crippen LogP contribution in [0.1, 0.15) is 23.2 Å². The standard InChI is InChI=1S/C18H21N7O3.C2HF3O2/c26-18(13-3-7-27-11-13)24-6-8-28-14(9-24)10-25-17-15(21-22-25)16(19-12-20-17)23-4-1-2-5-23;3-2(4,5)1(6)7/h3,7,11-12,14H,1-2,4-6,8-10H2;(H,6,7). The molecule has 1 amide bonds. The molecule has 2 fully saturated rings. The summed E-state index contributed by atoms with van der Waals surface area (Å²) in [6, 6.07) is 1.68. The number of aliphatic carboxylic acids is 1. The molecule has 0 saturated carbocycles. The molecule has 1 N–H and O–H groups in total. The number of carboxylic acids is 1. The van der Waals surface area contributed by atoms with Crippen molar-refractivity contribution >= 4 is 28.9 Å². The summed E-state index contributed by atoms with van der Waals surface area (Å²) in [7, 11) is 0. The van der Waals surface area contributed by atoms with Gasteiger partial charge in [-0.15, -0.1) is 5.10 Å². The summed E-state index contributed by atoms with van der Waals surface area (Å²) in [5.41, 5.74) is 1.96. The minimum Gasteiger partial charge on any atom is -0.475 e. The first-order valence-corrected chi connectivity index (χ1v) is 10.8. The largest absolute Gasteiger partial charge is 0.490 e. The summed E-state index contributed by atoms with van der Waals surface area (Å²) < 4.78 is 44.4. The van der Waals surface area contributed by atoms with Crippen molar-refractivity contribution in [2.45, 2.75) is 31.7 Å². The van der Waals surface area contributed by atoms with Crippen LogP contribution in [-0.4, -0.2) is 91.9 Å². The Morgan fingerprint density at radius 2 is 1.91 bits per heavy atom. The maximum absolute atomic E-state index is 12.6. The van der Waals surface area contributed by atoms with Crippen LogP contribution in [0.25, 0.3) is 11.2 Å². The average Bonchev–Trinajstić information content (AvgIpc) is 3.61. The molecule has 3 aromatic heterocycles. The Morgan fingerprint density at radius 3 is 2.57 bits per heavy atom. The zero-order valence-corrected chi connectivity index (χ0v) is 18.4. The number of carbonyl (C=O) groups is 2. The van der Waals surface area contributed by atoms with Crippen molar-refractivity contribution in [3.63, 3.8) is 0 Å². The van der Waals surface area contributed by atoms with E-state index < -0.39 is 12.1 Å². The molecule has 1 atom stereocenters. The van der Waals surface area contributed by atoms with Gasteiger partial charge in [0.1, 0.15) is 12.6 Å². The number of aromatic nitrogens is 5. The van der Waals surface area contributed by atoms with E-state index in [9.17, 15) is 18.0 Å². The number of hydrogen-bond acceptors (Lipinski definition) is 9. The molecule has 0 aliphatic carbocycles. The monoisotopic (exact) mass is 497 g/mol. The number of fused-ring (bicyclic) bond motifs is 1. The number of furan rings is 1. The van der Waals surface area contributed by atoms with Crippen LogP contribution in [-0.2, 0) is 16.1 Å². The number of alkyl halides is 3. The van der Waals surface area contributed by atoms with Gasteiger partial charge in [-0.2, -0.15) is 13.2 Å². The molecule has 15 heteroatoms. The third-order valence-electron chi connectivity index (χ3n) is 5.50. The topological polar surface area (TPSA) is 140 Å². The van der Waals surface area contributed by atoms with Crippen molar-refractivity contribution in [2.75, 3.05) is 37.7 Å². The Labute approximate surface area is 196 Å². The number of nitrogens with zero attached hydrogens (tertiary/aromatic N) is 7. The minimum atomic E-state index is -5.08. The summed E-state index contributed by atoms with van der Waals surface area (Å²) in [5, 5.41) is 15.7. The molecule has 2 saturated heterocycles. The lowest BCUT2D eigenvalue weighted by atomic mass is 10.2. The fourth-order valence-electron chi connectivity index (χ4n) is 3.84. The smallest absolute Gasteiger partial charge is 0.475 e. The number of amides is 1. The van der Waals surface area contributed by atoms with Crippen LogP contribution in [0, 0.1) is 0 Å². The predicted octanol–water partition coefficient (Wildman–Crippen LogP) is 1.59. The van der Waals surface area contributed by atoms with E-state index in [1.54, 1.807) is 22.0 Å². The molecule has 5 heterocycles. The van der Waals surface area contributed by atoms with Crippen molar-refractivity contribution in [1.29, 1.82) is 0 Å². The lowest BCUT2D eigenvalue weighted by Crippen LogP contribution is -2.47. The second-order valence-electron chi connectivity index (χ2n) is 7.89. The highest BCUT2D eigenvalue weighted by Crippen LogP contribution is 2.24. The first kappa shape index (κ1) is 24.4. The fraction of sp³-hybridized carbons (Fsp3) is 0.500. The first-order chi connectivity index (χ1) is 16.7. The number of anilines is 1. The number of hydrogen-bond donors (Lipinski definition) is 1. The molecule has 0 spiro atoms. The molecule has 0 aromatic carbocycles. The molecule has 5 rings (SSSR count). The van der Waals surface area contributed by atoms with Gasteiger partial charge in [0.25, 0.3) is 5.91 Å². The van der Waals surface area contributed by atoms with Gasteiger partial charge >= 0.3 is 12.1 Å². The Kier molecular flexibility index (Phi) is 7.14. The van der Waals surface area contributed by atoms with Crippen molar-refractivity contribution < 1.29 is 37.0 Å². The fourth-order valence-corrected chi connectivity index (χ4v) is 3.84. The van der Waals surface area contributed by atoms with Gasteiger partial charge < -0.3 is 24.1 Å². The Balaban J connectivity index is 0.000000364. The normalized spacial score (nSPS) is 18.4. The van der Waals surface area contributed by atoms with Gasteiger partial charge in [-0.05, 0) is 18.9 Å². The van der Waals surface area contributed by atoms with Gasteiger partial charge in [0.05, 0.1) is 31.1 Å². The second kappa shape index (κ2) is 10.2. The number of halogens is 3. The van der Waals surface area contributed by atoms with E-state index in [2.05, 4.69) is 25.2 Å². The molecule has 0 radical (unpaired) electrons. The SMILES string of the molecule is O=C(O)C(F)(F)F.O=C(c1ccoc1)N1CCOC(Cn2nnc3c(N4CCCC4)ncnc32)C1. The maximum Gasteiger partial charge on any atom is 0.490 e. The molecule has 1 unspecified atom stereocenters. The molecule has 0 bridgehead atoms. The highest BCUT2D eigenvalue weighted by Gasteiger charge is 2.38. The molecule has 35 heavy (non-hydrogen) atoms. The highest BCUT2D eigenvalue weighted by atomic mass is 19.4. The van der Waals surface area contributed by atoms with Crippen molar-refractivity contribution in [3.05, 3.63) is 30.5 Å². The van der Waals surface area contributed by atoms with Crippen LogP contribution in [0.2, 0.25) is 0 Å². The van der Waals surface area contributed by atoms with Gasteiger partial charge in [-0.25, -0.2) is 19.4 Å². The zero-order valence-electron chi connectivity index (χ0n) is 18.4. The van der Waals surface area contributed by atoms with Gasteiger partial charge in [0, 0.05) is 26.2 Å². The molecule has 2 aliphatic heterocycles. The van der Waals surface area contributed by atoms with Crippen LogP contribution < -0.4 is 4.90 Å². The molecule has 12 nitrogen and oxygen atoms in total. The quantitative estimate of drug-likeness (QED) is 0.565. The predicted molar refractivity (Wildman–Crippen MR) is 113 cm³/mol. The highest BCUT2D eigenvalue weighted by molar-refractivity contribution is 5.93. The van der Waals surface area contributed by atoms with Crippen LogP contribution in [0.5, 0.6) is 0 Å². The Bertz CT molecular complexity index is 1160. The Hall–Kier alpha value is -3.75. The molecule has 188 valence electrons. The molecule has 2 aliphatic rings. The number of ether oxygens (including phenoxy) is 1. The van der Waals surface area contributed by atoms with E-state index in [4.69, 9.17) is 19.1 Å². The van der Waals surface area contributed by atoms with Crippen molar-refractivity contribution in [2.24, 2.45) is 0 Å². The third kappa shape index (κ3) is 5.67. The lowest BCUT2D eigenvalue weighted by molar-refractivity contribution is -0.192. The molecular formula is C20H22F3N7O5. The van der Waals surface area contributed by atoms with Crippen LogP contribution in [0.3, 0.4) is 0 Å². The second-order valence-corrected chi connectivity index (χ2v) is 7.89. The van der Waals surface area contributed by atoms with Crippen LogP contribution in [0.4, 0.5) is 19.0 Å². The number of carbonyl (C=O) groups excluding carboxylic acids is 1. The minimum absolute atomic E-state index is 0.0517. The summed E-state index contributed by atoms with van der Waals surface area (Å²) in [6.45, 7) is 3.96. The van der Waals surface area contributed by atoms with Gasteiger partial charge in [-0.1, -0.05) is 5.21 Å². The van der Waals surface area contributed by atoms with E-state index in [-0.39, 0.29) is 12.0 Å². The first-order valence-electron chi connectivity index (χ1n) is 10.8. The number of rotatable bonds is 4. The lowest BCUT2D eigenvalue weighted by Gasteiger charge is -2.32. The van der Waals surface area contributed by atoms with E-state index in [1.807, 2.05) is 0 Å². The molecular weight excluding hydrogens is 475 g/mol. The van der Waals surface area contributed by atoms with Gasteiger partial charge in [0.15, 0.2) is 17.0 Å². The zero-order chi connectivity index (χ0) is 25.0. The van der Waals surface area contributed by atoms with Crippen LogP contribution in [0.15, 0.2) is 29.3 Å². The van der Waals surface area contributed by atoms with Gasteiger partial charge in [0.2, 0.25) is 0 Å². The number of morpholine rings is 1. The van der Waals surface area contributed by atoms with Gasteiger partial charge in [-0.3, -0.25) is 4.79 Å². The van der Waals surface area contributed by atoms with E-state index in [1.165, 1.54) is 12.5 Å².